The van der Waals surface area contributed by atoms with Crippen LogP contribution in [0.1, 0.15) is 64.3 Å². The Morgan fingerprint density at radius 2 is 1.38 bits per heavy atom. The van der Waals surface area contributed by atoms with E-state index in [1.807, 2.05) is 30.3 Å². The van der Waals surface area contributed by atoms with Crippen LogP contribution in [0.4, 0.5) is 15.3 Å². The van der Waals surface area contributed by atoms with Gasteiger partial charge in [0.15, 0.2) is 0 Å². The van der Waals surface area contributed by atoms with Crippen LogP contribution in [-0.4, -0.2) is 36.4 Å². The second-order valence-electron chi connectivity index (χ2n) is 11.7. The van der Waals surface area contributed by atoms with Crippen LogP contribution in [0.2, 0.25) is 0 Å². The minimum Gasteiger partial charge on any atom is -0.497 e. The Hall–Kier alpha value is -4.33. The fraction of sp³-hybridized carbons (Fsp3) is 0.344. The molecule has 1 aliphatic heterocycles. The second kappa shape index (κ2) is 10.7. The van der Waals surface area contributed by atoms with E-state index >= 15 is 0 Å². The minimum absolute atomic E-state index is 0.379. The molecule has 40 heavy (non-hydrogen) atoms. The van der Waals surface area contributed by atoms with E-state index in [9.17, 15) is 14.4 Å². The van der Waals surface area contributed by atoms with Crippen molar-refractivity contribution < 1.29 is 28.6 Å². The first-order chi connectivity index (χ1) is 18.8. The predicted octanol–water partition coefficient (Wildman–Crippen LogP) is 6.53. The Kier molecular flexibility index (Phi) is 7.65. The lowest BCUT2D eigenvalue weighted by Crippen LogP contribution is -2.53. The van der Waals surface area contributed by atoms with Gasteiger partial charge in [-0.05, 0) is 76.4 Å². The van der Waals surface area contributed by atoms with E-state index in [2.05, 4.69) is 5.32 Å². The molecule has 3 aromatic rings. The number of nitrogens with one attached hydrogen (secondary N) is 1. The first kappa shape index (κ1) is 28.7. The van der Waals surface area contributed by atoms with Crippen molar-refractivity contribution in [3.05, 3.63) is 95.6 Å². The minimum atomic E-state index is -1.56. The average Bonchev–Trinajstić information content (AvgIpc) is 3.14. The molecule has 0 aliphatic carbocycles. The number of nitrogens with zero attached hydrogens (tertiary/aromatic N) is 1. The molecule has 1 heterocycles. The molecule has 0 saturated carbocycles. The highest BCUT2D eigenvalue weighted by Gasteiger charge is 2.60. The number of amides is 3. The summed E-state index contributed by atoms with van der Waals surface area (Å²) in [6, 6.07) is 22.3. The second-order valence-corrected chi connectivity index (χ2v) is 11.7. The molecular formula is C32H36N2O6. The van der Waals surface area contributed by atoms with E-state index in [-0.39, 0.29) is 0 Å². The number of ether oxygens (including phenoxy) is 3. The van der Waals surface area contributed by atoms with Gasteiger partial charge in [0.05, 0.1) is 18.8 Å². The SMILES string of the molecule is COc1ccc(C2([C@@H](NC(=O)OC(C)(C)C)c3ccccc3)C(=O)N(C(=O)OC(C)(C)C)c3ccccc32)cc1. The Labute approximate surface area is 235 Å². The molecular weight excluding hydrogens is 508 g/mol. The maximum Gasteiger partial charge on any atom is 0.421 e. The van der Waals surface area contributed by atoms with Crippen LogP contribution >= 0.6 is 0 Å². The Balaban J connectivity index is 2.02. The molecule has 1 N–H and O–H groups in total. The van der Waals surface area contributed by atoms with Crippen molar-refractivity contribution in [2.24, 2.45) is 0 Å². The van der Waals surface area contributed by atoms with E-state index in [0.29, 0.717) is 28.1 Å². The van der Waals surface area contributed by atoms with E-state index < -0.39 is 40.8 Å². The van der Waals surface area contributed by atoms with Gasteiger partial charge in [0.1, 0.15) is 22.4 Å². The predicted molar refractivity (Wildman–Crippen MR) is 152 cm³/mol. The van der Waals surface area contributed by atoms with Gasteiger partial charge in [0.2, 0.25) is 0 Å². The van der Waals surface area contributed by atoms with Crippen molar-refractivity contribution in [1.29, 1.82) is 0 Å². The van der Waals surface area contributed by atoms with Crippen molar-refractivity contribution in [2.75, 3.05) is 12.0 Å². The number of fused-ring (bicyclic) bond motifs is 1. The molecule has 0 bridgehead atoms. The highest BCUT2D eigenvalue weighted by molar-refractivity contribution is 6.23. The molecule has 3 amide bonds. The van der Waals surface area contributed by atoms with Crippen molar-refractivity contribution in [3.8, 4) is 5.75 Å². The van der Waals surface area contributed by atoms with Crippen molar-refractivity contribution in [1.82, 2.24) is 5.32 Å². The topological polar surface area (TPSA) is 94.2 Å². The number of carbonyl (C=O) groups is 3. The van der Waals surface area contributed by atoms with E-state index in [1.54, 1.807) is 97.2 Å². The number of imide groups is 1. The van der Waals surface area contributed by atoms with Crippen LogP contribution < -0.4 is 15.0 Å². The van der Waals surface area contributed by atoms with Gasteiger partial charge in [-0.1, -0.05) is 60.7 Å². The molecule has 2 atom stereocenters. The van der Waals surface area contributed by atoms with Gasteiger partial charge >= 0.3 is 12.2 Å². The van der Waals surface area contributed by atoms with Gasteiger partial charge in [-0.15, -0.1) is 0 Å². The van der Waals surface area contributed by atoms with Gasteiger partial charge in [-0.2, -0.15) is 0 Å². The number of carbonyl (C=O) groups excluding carboxylic acids is 3. The maximum atomic E-state index is 14.8. The Morgan fingerprint density at radius 1 is 0.800 bits per heavy atom. The molecule has 0 fully saturated rings. The summed E-state index contributed by atoms with van der Waals surface area (Å²) >= 11 is 0. The summed E-state index contributed by atoms with van der Waals surface area (Å²) < 4.78 is 16.7. The molecule has 4 rings (SSSR count). The zero-order valence-electron chi connectivity index (χ0n) is 24.0. The third-order valence-corrected chi connectivity index (χ3v) is 6.46. The third-order valence-electron chi connectivity index (χ3n) is 6.46. The van der Waals surface area contributed by atoms with Gasteiger partial charge < -0.3 is 19.5 Å². The fourth-order valence-corrected chi connectivity index (χ4v) is 4.98. The van der Waals surface area contributed by atoms with E-state index in [4.69, 9.17) is 14.2 Å². The normalized spacial score (nSPS) is 17.6. The van der Waals surface area contributed by atoms with Gasteiger partial charge in [-0.25, -0.2) is 14.5 Å². The standard InChI is InChI=1S/C32H36N2O6/c1-30(2,3)39-28(36)33-26(21-13-9-8-10-14-21)32(22-17-19-23(38-7)20-18-22)24-15-11-12-16-25(24)34(27(32)35)29(37)40-31(4,5)6/h8-20,26H,1-7H3,(H,33,36)/t26-,32?/m0/s1. The molecule has 0 saturated heterocycles. The number of hydrogen-bond acceptors (Lipinski definition) is 6. The summed E-state index contributed by atoms with van der Waals surface area (Å²) in [5.41, 5.74) is -1.05. The average molecular weight is 545 g/mol. The molecule has 210 valence electrons. The number of benzene rings is 3. The third kappa shape index (κ3) is 5.52. The quantitative estimate of drug-likeness (QED) is 0.393. The van der Waals surface area contributed by atoms with Crippen LogP contribution in [-0.2, 0) is 19.7 Å². The monoisotopic (exact) mass is 544 g/mol. The smallest absolute Gasteiger partial charge is 0.421 e. The van der Waals surface area contributed by atoms with Gasteiger partial charge in [0.25, 0.3) is 5.91 Å². The van der Waals surface area contributed by atoms with Gasteiger partial charge in [-0.3, -0.25) is 4.79 Å². The lowest BCUT2D eigenvalue weighted by molar-refractivity contribution is -0.122. The van der Waals surface area contributed by atoms with Gasteiger partial charge in [0, 0.05) is 0 Å². The number of alkyl carbamates (subject to hydrolysis) is 1. The zero-order chi connectivity index (χ0) is 29.3. The number of methoxy groups -OCH3 is 1. The molecule has 8 heteroatoms. The number of anilines is 1. The van der Waals surface area contributed by atoms with Crippen molar-refractivity contribution in [3.63, 3.8) is 0 Å². The summed E-state index contributed by atoms with van der Waals surface area (Å²) in [6.45, 7) is 10.5. The summed E-state index contributed by atoms with van der Waals surface area (Å²) in [7, 11) is 1.56. The number of para-hydroxylation sites is 1. The van der Waals surface area contributed by atoms with Crippen LogP contribution in [0.3, 0.4) is 0 Å². The van der Waals surface area contributed by atoms with E-state index in [0.717, 1.165) is 4.90 Å². The maximum absolute atomic E-state index is 14.8. The van der Waals surface area contributed by atoms with Crippen LogP contribution in [0.15, 0.2) is 78.9 Å². The number of hydrogen-bond donors (Lipinski definition) is 1. The van der Waals surface area contributed by atoms with E-state index in [1.165, 1.54) is 0 Å². The van der Waals surface area contributed by atoms with Crippen molar-refractivity contribution in [2.45, 2.75) is 64.2 Å². The lowest BCUT2D eigenvalue weighted by atomic mass is 9.67. The Bertz CT molecular complexity index is 1390. The largest absolute Gasteiger partial charge is 0.497 e. The van der Waals surface area contributed by atoms with Crippen LogP contribution in [0.5, 0.6) is 5.75 Å². The zero-order valence-corrected chi connectivity index (χ0v) is 24.0. The molecule has 1 aliphatic rings. The highest BCUT2D eigenvalue weighted by atomic mass is 16.6. The highest BCUT2D eigenvalue weighted by Crippen LogP contribution is 2.53. The fourth-order valence-electron chi connectivity index (χ4n) is 4.98. The van der Waals surface area contributed by atoms with Crippen molar-refractivity contribution >= 4 is 23.8 Å². The summed E-state index contributed by atoms with van der Waals surface area (Å²) in [6.07, 6.45) is -1.50. The molecule has 8 nitrogen and oxygen atoms in total. The molecule has 3 aromatic carbocycles. The summed E-state index contributed by atoms with van der Waals surface area (Å²) in [4.78, 5) is 42.8. The lowest BCUT2D eigenvalue weighted by Gasteiger charge is -2.38. The number of rotatable bonds is 5. The first-order valence-corrected chi connectivity index (χ1v) is 13.1. The van der Waals surface area contributed by atoms with Crippen LogP contribution in [0, 0.1) is 0 Å². The molecule has 0 spiro atoms. The molecule has 0 aromatic heterocycles. The van der Waals surface area contributed by atoms with Crippen LogP contribution in [0.25, 0.3) is 0 Å². The summed E-state index contributed by atoms with van der Waals surface area (Å²) in [5.74, 6) is 0.0380. The first-order valence-electron chi connectivity index (χ1n) is 13.1. The molecule has 0 radical (unpaired) electrons. The molecule has 1 unspecified atom stereocenters. The Morgan fingerprint density at radius 3 is 1.95 bits per heavy atom. The summed E-state index contributed by atoms with van der Waals surface area (Å²) in [5, 5.41) is 2.99.